The molecule has 6 atom stereocenters. The van der Waals surface area contributed by atoms with Gasteiger partial charge < -0.3 is 19.1 Å². The summed E-state index contributed by atoms with van der Waals surface area (Å²) in [7, 11) is -1.34. The van der Waals surface area contributed by atoms with Crippen LogP contribution in [0.1, 0.15) is 59.1 Å². The third-order valence-electron chi connectivity index (χ3n) is 6.96. The zero-order valence-corrected chi connectivity index (χ0v) is 24.8. The molecular formula is C27H40Cl2N2O5S. The molecule has 1 heterocycles. The van der Waals surface area contributed by atoms with Crippen LogP contribution < -0.4 is 9.46 Å². The number of halogens is 2. The van der Waals surface area contributed by atoms with Crippen molar-refractivity contribution in [3.05, 3.63) is 40.4 Å². The van der Waals surface area contributed by atoms with Crippen LogP contribution in [0.4, 0.5) is 0 Å². The molecule has 7 nitrogen and oxygen atoms in total. The van der Waals surface area contributed by atoms with Crippen LogP contribution in [0.5, 0.6) is 5.75 Å². The number of nitrogens with one attached hydrogen (secondary N) is 1. The van der Waals surface area contributed by atoms with Crippen LogP contribution in [0, 0.1) is 11.8 Å². The molecule has 37 heavy (non-hydrogen) atoms. The summed E-state index contributed by atoms with van der Waals surface area (Å²) < 4.78 is 33.4. The molecule has 2 bridgehead atoms. The van der Waals surface area contributed by atoms with Gasteiger partial charge in [-0.25, -0.2) is 8.93 Å². The van der Waals surface area contributed by atoms with Crippen molar-refractivity contribution < 1.29 is 23.2 Å². The van der Waals surface area contributed by atoms with Gasteiger partial charge in [0.25, 0.3) is 5.91 Å². The smallest absolute Gasteiger partial charge is 0.254 e. The number of hydrogen-bond donors (Lipinski definition) is 1. The van der Waals surface area contributed by atoms with Gasteiger partial charge in [0.15, 0.2) is 6.10 Å². The first-order chi connectivity index (χ1) is 17.5. The van der Waals surface area contributed by atoms with Gasteiger partial charge in [0.1, 0.15) is 12.4 Å². The number of ether oxygens (including phenoxy) is 3. The molecule has 2 aliphatic rings. The molecule has 0 radical (unpaired) electrons. The largest absolute Gasteiger partial charge is 0.489 e. The number of rotatable bonds is 13. The number of benzene rings is 1. The van der Waals surface area contributed by atoms with Crippen LogP contribution in [0.25, 0.3) is 0 Å². The Morgan fingerprint density at radius 3 is 2.51 bits per heavy atom. The van der Waals surface area contributed by atoms with Crippen molar-refractivity contribution >= 4 is 40.1 Å². The molecule has 0 aromatic heterocycles. The molecule has 3 rings (SSSR count). The Bertz CT molecular complexity index is 986. The first-order valence-electron chi connectivity index (χ1n) is 12.9. The predicted octanol–water partition coefficient (Wildman–Crippen LogP) is 5.33. The van der Waals surface area contributed by atoms with Gasteiger partial charge in [-0.3, -0.25) is 4.79 Å². The number of piperidine rings is 1. The Labute approximate surface area is 233 Å². The SMILES string of the molecule is C=CCOc1cc(Cl)c(Cl)cc1C(NS(=O)C(C)(C)C)C1CC2CC1CN2C(=O)[C@@H](COCC)OCC. The van der Waals surface area contributed by atoms with Gasteiger partial charge >= 0.3 is 0 Å². The van der Waals surface area contributed by atoms with Gasteiger partial charge in [0, 0.05) is 37.4 Å². The van der Waals surface area contributed by atoms with Crippen LogP contribution in [0.3, 0.4) is 0 Å². The first-order valence-corrected chi connectivity index (χ1v) is 14.8. The van der Waals surface area contributed by atoms with E-state index in [4.69, 9.17) is 37.4 Å². The lowest BCUT2D eigenvalue weighted by atomic mass is 9.83. The van der Waals surface area contributed by atoms with Gasteiger partial charge in [0.2, 0.25) is 0 Å². The van der Waals surface area contributed by atoms with E-state index in [2.05, 4.69) is 11.3 Å². The van der Waals surface area contributed by atoms with Crippen molar-refractivity contribution in [1.29, 1.82) is 0 Å². The number of amides is 1. The third kappa shape index (κ3) is 7.28. The van der Waals surface area contributed by atoms with E-state index in [0.717, 1.165) is 18.4 Å². The zero-order chi connectivity index (χ0) is 27.3. The summed E-state index contributed by atoms with van der Waals surface area (Å²) in [5.74, 6) is 0.913. The van der Waals surface area contributed by atoms with E-state index >= 15 is 0 Å². The Morgan fingerprint density at radius 2 is 1.95 bits per heavy atom. The van der Waals surface area contributed by atoms with Crippen molar-refractivity contribution in [1.82, 2.24) is 9.62 Å². The average molecular weight is 576 g/mol. The van der Waals surface area contributed by atoms with Crippen molar-refractivity contribution in [2.45, 2.75) is 70.4 Å². The number of hydrogen-bond acceptors (Lipinski definition) is 5. The van der Waals surface area contributed by atoms with Gasteiger partial charge in [-0.2, -0.15) is 0 Å². The Balaban J connectivity index is 1.89. The van der Waals surface area contributed by atoms with E-state index in [1.54, 1.807) is 12.1 Å². The average Bonchev–Trinajstić information content (AvgIpc) is 3.45. The van der Waals surface area contributed by atoms with E-state index in [9.17, 15) is 9.00 Å². The number of likely N-dealkylation sites (tertiary alicyclic amines) is 1. The van der Waals surface area contributed by atoms with Gasteiger partial charge in [0.05, 0.1) is 38.4 Å². The van der Waals surface area contributed by atoms with Crippen molar-refractivity contribution in [2.75, 3.05) is 33.0 Å². The Hall–Kier alpha value is -1.16. The standard InChI is InChI=1S/C27H40Cl2N2O5S/c1-7-10-36-23-14-22(29)21(28)13-20(23)25(30-37(33)27(4,5)6)19-12-18-11-17(19)15-31(18)26(32)24(35-9-3)16-34-8-2/h7,13-14,17-19,24-25,30H,1,8-12,15-16H2,2-6H3/t17?,18?,19?,24-,25?,37?/m1/s1. The molecule has 5 unspecified atom stereocenters. The van der Waals surface area contributed by atoms with Crippen LogP contribution in [-0.2, 0) is 25.3 Å². The fourth-order valence-corrected chi connectivity index (χ4v) is 6.42. The second kappa shape index (κ2) is 13.3. The summed E-state index contributed by atoms with van der Waals surface area (Å²) in [6.07, 6.45) is 2.72. The minimum absolute atomic E-state index is 0.0198. The lowest BCUT2D eigenvalue weighted by Gasteiger charge is -2.38. The second-order valence-electron chi connectivity index (χ2n) is 10.5. The summed E-state index contributed by atoms with van der Waals surface area (Å²) in [6.45, 7) is 15.5. The molecule has 1 aromatic carbocycles. The summed E-state index contributed by atoms with van der Waals surface area (Å²) in [5.41, 5.74) is 0.813. The molecule has 1 saturated heterocycles. The van der Waals surface area contributed by atoms with Gasteiger partial charge in [-0.1, -0.05) is 35.9 Å². The maximum atomic E-state index is 13.3. The fourth-order valence-electron chi connectivity index (χ4n) is 5.21. The summed E-state index contributed by atoms with van der Waals surface area (Å²) in [4.78, 5) is 15.3. The lowest BCUT2D eigenvalue weighted by molar-refractivity contribution is -0.149. The minimum Gasteiger partial charge on any atom is -0.489 e. The number of carbonyl (C=O) groups is 1. The molecule has 1 aromatic rings. The molecule has 1 N–H and O–H groups in total. The zero-order valence-electron chi connectivity index (χ0n) is 22.4. The molecule has 1 aliphatic carbocycles. The first kappa shape index (κ1) is 30.4. The lowest BCUT2D eigenvalue weighted by Crippen LogP contribution is -2.49. The Kier molecular flexibility index (Phi) is 10.9. The second-order valence-corrected chi connectivity index (χ2v) is 13.3. The van der Waals surface area contributed by atoms with Crippen molar-refractivity contribution in [3.63, 3.8) is 0 Å². The van der Waals surface area contributed by atoms with Crippen LogP contribution in [0.2, 0.25) is 10.0 Å². The van der Waals surface area contributed by atoms with Gasteiger partial charge in [-0.05, 0) is 65.4 Å². The minimum atomic E-state index is -1.34. The van der Waals surface area contributed by atoms with E-state index in [1.165, 1.54) is 0 Å². The van der Waals surface area contributed by atoms with Crippen molar-refractivity contribution in [2.24, 2.45) is 11.8 Å². The molecular weight excluding hydrogens is 535 g/mol. The maximum absolute atomic E-state index is 13.3. The third-order valence-corrected chi connectivity index (χ3v) is 9.26. The van der Waals surface area contributed by atoms with Gasteiger partial charge in [-0.15, -0.1) is 0 Å². The van der Waals surface area contributed by atoms with Crippen LogP contribution >= 0.6 is 23.2 Å². The van der Waals surface area contributed by atoms with Crippen LogP contribution in [-0.4, -0.2) is 64.9 Å². The molecule has 0 spiro atoms. The van der Waals surface area contributed by atoms with Crippen LogP contribution in [0.15, 0.2) is 24.8 Å². The monoisotopic (exact) mass is 574 g/mol. The summed E-state index contributed by atoms with van der Waals surface area (Å²) in [5, 5.41) is 0.799. The van der Waals surface area contributed by atoms with Crippen molar-refractivity contribution in [3.8, 4) is 5.75 Å². The highest BCUT2D eigenvalue weighted by molar-refractivity contribution is 7.84. The van der Waals surface area contributed by atoms with E-state index in [-0.39, 0.29) is 36.4 Å². The van der Waals surface area contributed by atoms with E-state index in [1.807, 2.05) is 45.6 Å². The number of nitrogens with zero attached hydrogens (tertiary/aromatic N) is 1. The quantitative estimate of drug-likeness (QED) is 0.322. The fraction of sp³-hybridized carbons (Fsp3) is 0.667. The highest BCUT2D eigenvalue weighted by Gasteiger charge is 2.51. The molecule has 208 valence electrons. The predicted molar refractivity (Wildman–Crippen MR) is 150 cm³/mol. The molecule has 1 amide bonds. The van der Waals surface area contributed by atoms with E-state index in [0.29, 0.717) is 42.2 Å². The summed E-state index contributed by atoms with van der Waals surface area (Å²) >= 11 is 12.8. The molecule has 2 fully saturated rings. The molecule has 10 heteroatoms. The topological polar surface area (TPSA) is 77.1 Å². The van der Waals surface area contributed by atoms with E-state index < -0.39 is 21.8 Å². The number of carbonyl (C=O) groups excluding carboxylic acids is 1. The highest BCUT2D eigenvalue weighted by atomic mass is 35.5. The maximum Gasteiger partial charge on any atom is 0.254 e. The highest BCUT2D eigenvalue weighted by Crippen LogP contribution is 2.50. The normalized spacial score (nSPS) is 23.6. The Morgan fingerprint density at radius 1 is 1.24 bits per heavy atom. The molecule has 1 aliphatic heterocycles. The number of fused-ring (bicyclic) bond motifs is 2. The molecule has 1 saturated carbocycles. The summed E-state index contributed by atoms with van der Waals surface area (Å²) in [6, 6.07) is 3.30.